The number of methoxy groups -OCH3 is 1. The molecule has 0 aliphatic carbocycles. The van der Waals surface area contributed by atoms with E-state index in [1.807, 2.05) is 47.6 Å². The van der Waals surface area contributed by atoms with E-state index in [-0.39, 0.29) is 23.1 Å². The molecule has 0 bridgehead atoms. The van der Waals surface area contributed by atoms with Gasteiger partial charge in [0.25, 0.3) is 5.56 Å². The molecule has 31 heavy (non-hydrogen) atoms. The Morgan fingerprint density at radius 1 is 1.26 bits per heavy atom. The summed E-state index contributed by atoms with van der Waals surface area (Å²) in [5.41, 5.74) is 3.77. The fourth-order valence-corrected chi connectivity index (χ4v) is 5.93. The monoisotopic (exact) mass is 461 g/mol. The Kier molecular flexibility index (Phi) is 7.44. The molecule has 0 atom stereocenters. The van der Waals surface area contributed by atoms with Crippen LogP contribution < -0.4 is 5.56 Å². The summed E-state index contributed by atoms with van der Waals surface area (Å²) in [6.45, 7) is 13.5. The zero-order valence-electron chi connectivity index (χ0n) is 19.4. The summed E-state index contributed by atoms with van der Waals surface area (Å²) in [6.07, 6.45) is 0.902. The average Bonchev–Trinajstić information content (AvgIpc) is 3.15. The summed E-state index contributed by atoms with van der Waals surface area (Å²) >= 11 is 2.89. The van der Waals surface area contributed by atoms with Gasteiger partial charge in [-0.2, -0.15) is 0 Å². The minimum absolute atomic E-state index is 0.0203. The third-order valence-electron chi connectivity index (χ3n) is 5.66. The zero-order valence-corrected chi connectivity index (χ0v) is 21.0. The molecular formula is C23H31N3O3S2. The molecule has 0 radical (unpaired) electrons. The van der Waals surface area contributed by atoms with Crippen molar-refractivity contribution < 1.29 is 9.53 Å². The molecule has 3 heterocycles. The van der Waals surface area contributed by atoms with E-state index < -0.39 is 0 Å². The van der Waals surface area contributed by atoms with Crippen LogP contribution in [0.5, 0.6) is 0 Å². The van der Waals surface area contributed by atoms with E-state index in [9.17, 15) is 9.59 Å². The van der Waals surface area contributed by atoms with Crippen molar-refractivity contribution in [2.75, 3.05) is 19.5 Å². The molecule has 0 fully saturated rings. The maximum Gasteiger partial charge on any atom is 0.263 e. The number of aryl methyl sites for hydroxylation is 3. The predicted molar refractivity (Wildman–Crippen MR) is 129 cm³/mol. The molecule has 0 saturated heterocycles. The Balaban J connectivity index is 1.87. The Labute approximate surface area is 191 Å². The van der Waals surface area contributed by atoms with Crippen molar-refractivity contribution in [3.05, 3.63) is 43.8 Å². The van der Waals surface area contributed by atoms with Crippen molar-refractivity contribution in [2.24, 2.45) is 0 Å². The molecule has 0 aliphatic rings. The summed E-state index contributed by atoms with van der Waals surface area (Å²) in [7, 11) is 1.70. The van der Waals surface area contributed by atoms with Gasteiger partial charge in [0.15, 0.2) is 10.9 Å². The Hall–Kier alpha value is -1.90. The van der Waals surface area contributed by atoms with Crippen molar-refractivity contribution in [3.8, 4) is 0 Å². The quantitative estimate of drug-likeness (QED) is 0.192. The first-order chi connectivity index (χ1) is 14.7. The average molecular weight is 462 g/mol. The SMILES string of the molecule is COCCCn1c(C)cc(C(=O)CSc2nc3sc(C)c(C)c3c(=O)n2C(C)C)c1C. The van der Waals surface area contributed by atoms with Crippen LogP contribution in [-0.2, 0) is 11.3 Å². The molecular weight excluding hydrogens is 430 g/mol. The maximum atomic E-state index is 13.2. The number of ether oxygens (including phenoxy) is 1. The van der Waals surface area contributed by atoms with Gasteiger partial charge in [0.1, 0.15) is 4.83 Å². The van der Waals surface area contributed by atoms with Gasteiger partial charge in [-0.05, 0) is 59.6 Å². The Bertz CT molecular complexity index is 1170. The second-order valence-corrected chi connectivity index (χ2v) is 10.3. The van der Waals surface area contributed by atoms with E-state index in [0.717, 1.165) is 45.2 Å². The first kappa shape index (κ1) is 23.8. The summed E-state index contributed by atoms with van der Waals surface area (Å²) < 4.78 is 9.03. The Morgan fingerprint density at radius 2 is 1.97 bits per heavy atom. The van der Waals surface area contributed by atoms with Gasteiger partial charge in [0, 0.05) is 48.1 Å². The summed E-state index contributed by atoms with van der Waals surface area (Å²) in [5.74, 6) is 0.301. The number of nitrogens with zero attached hydrogens (tertiary/aromatic N) is 3. The molecule has 0 aromatic carbocycles. The van der Waals surface area contributed by atoms with Crippen molar-refractivity contribution in [3.63, 3.8) is 0 Å². The van der Waals surface area contributed by atoms with Gasteiger partial charge in [0.2, 0.25) is 0 Å². The predicted octanol–water partition coefficient (Wildman–Crippen LogP) is 5.09. The molecule has 0 aliphatic heterocycles. The number of aromatic nitrogens is 3. The van der Waals surface area contributed by atoms with Crippen molar-refractivity contribution in [1.29, 1.82) is 0 Å². The lowest BCUT2D eigenvalue weighted by molar-refractivity contribution is 0.102. The fraction of sp³-hybridized carbons (Fsp3) is 0.522. The third-order valence-corrected chi connectivity index (χ3v) is 7.71. The molecule has 0 N–H and O–H groups in total. The molecule has 0 spiro atoms. The van der Waals surface area contributed by atoms with E-state index in [4.69, 9.17) is 9.72 Å². The van der Waals surface area contributed by atoms with Crippen LogP contribution in [0.25, 0.3) is 10.2 Å². The van der Waals surface area contributed by atoms with E-state index in [1.54, 1.807) is 11.7 Å². The van der Waals surface area contributed by atoms with Gasteiger partial charge in [-0.25, -0.2) is 4.98 Å². The highest BCUT2D eigenvalue weighted by Crippen LogP contribution is 2.30. The lowest BCUT2D eigenvalue weighted by Gasteiger charge is -2.15. The number of carbonyl (C=O) groups is 1. The van der Waals surface area contributed by atoms with E-state index in [1.165, 1.54) is 23.1 Å². The number of thiophene rings is 1. The van der Waals surface area contributed by atoms with Gasteiger partial charge in [-0.15, -0.1) is 11.3 Å². The first-order valence-corrected chi connectivity index (χ1v) is 12.3. The zero-order chi connectivity index (χ0) is 22.9. The summed E-state index contributed by atoms with van der Waals surface area (Å²) in [6, 6.07) is 1.93. The van der Waals surface area contributed by atoms with Crippen LogP contribution in [0.3, 0.4) is 0 Å². The standard InChI is InChI=1S/C23H31N3O3S2/c1-13(2)26-22(28)20-15(4)17(6)31-21(20)24-23(26)30-12-19(27)18-11-14(3)25(16(18)5)9-8-10-29-7/h11,13H,8-10,12H2,1-7H3. The molecule has 0 saturated carbocycles. The smallest absolute Gasteiger partial charge is 0.263 e. The molecule has 3 rings (SSSR count). The molecule has 3 aromatic rings. The number of thioether (sulfide) groups is 1. The number of hydrogen-bond donors (Lipinski definition) is 0. The number of carbonyl (C=O) groups excluding carboxylic acids is 1. The third kappa shape index (κ3) is 4.66. The molecule has 3 aromatic heterocycles. The highest BCUT2D eigenvalue weighted by molar-refractivity contribution is 7.99. The largest absolute Gasteiger partial charge is 0.385 e. The van der Waals surface area contributed by atoms with E-state index in [2.05, 4.69) is 4.57 Å². The maximum absolute atomic E-state index is 13.2. The molecule has 168 valence electrons. The van der Waals surface area contributed by atoms with Crippen LogP contribution in [0, 0.1) is 27.7 Å². The molecule has 8 heteroatoms. The normalized spacial score (nSPS) is 11.7. The fourth-order valence-electron chi connectivity index (χ4n) is 3.85. The lowest BCUT2D eigenvalue weighted by atomic mass is 10.2. The van der Waals surface area contributed by atoms with Gasteiger partial charge >= 0.3 is 0 Å². The van der Waals surface area contributed by atoms with E-state index >= 15 is 0 Å². The summed E-state index contributed by atoms with van der Waals surface area (Å²) in [5, 5.41) is 1.31. The Morgan fingerprint density at radius 3 is 2.61 bits per heavy atom. The lowest BCUT2D eigenvalue weighted by Crippen LogP contribution is -2.25. The van der Waals surface area contributed by atoms with Crippen LogP contribution in [0.15, 0.2) is 16.0 Å². The first-order valence-electron chi connectivity index (χ1n) is 10.5. The van der Waals surface area contributed by atoms with Crippen molar-refractivity contribution in [1.82, 2.24) is 14.1 Å². The van der Waals surface area contributed by atoms with Gasteiger partial charge in [-0.1, -0.05) is 11.8 Å². The van der Waals surface area contributed by atoms with Crippen LogP contribution in [0.1, 0.15) is 58.5 Å². The van der Waals surface area contributed by atoms with Crippen molar-refractivity contribution >= 4 is 39.1 Å². The molecule has 0 amide bonds. The van der Waals surface area contributed by atoms with Gasteiger partial charge < -0.3 is 9.30 Å². The van der Waals surface area contributed by atoms with Gasteiger partial charge in [-0.3, -0.25) is 14.2 Å². The number of rotatable bonds is 9. The van der Waals surface area contributed by atoms with Crippen LogP contribution in [-0.4, -0.2) is 39.4 Å². The van der Waals surface area contributed by atoms with Crippen LogP contribution in [0.4, 0.5) is 0 Å². The highest BCUT2D eigenvalue weighted by atomic mass is 32.2. The highest BCUT2D eigenvalue weighted by Gasteiger charge is 2.21. The summed E-state index contributed by atoms with van der Waals surface area (Å²) in [4.78, 5) is 32.9. The minimum atomic E-state index is -0.0348. The molecule has 6 nitrogen and oxygen atoms in total. The topological polar surface area (TPSA) is 66.1 Å². The van der Waals surface area contributed by atoms with Crippen LogP contribution >= 0.6 is 23.1 Å². The van der Waals surface area contributed by atoms with E-state index in [0.29, 0.717) is 17.1 Å². The minimum Gasteiger partial charge on any atom is -0.385 e. The number of Topliss-reactive ketones (excluding diaryl/α,β-unsaturated/α-hetero) is 1. The number of fused-ring (bicyclic) bond motifs is 1. The number of hydrogen-bond acceptors (Lipinski definition) is 6. The van der Waals surface area contributed by atoms with Crippen LogP contribution in [0.2, 0.25) is 0 Å². The van der Waals surface area contributed by atoms with Crippen molar-refractivity contribution in [2.45, 2.75) is 65.7 Å². The molecule has 0 unspecified atom stereocenters. The number of ketones is 1. The second kappa shape index (κ2) is 9.71. The van der Waals surface area contributed by atoms with Gasteiger partial charge in [0.05, 0.1) is 11.1 Å². The second-order valence-electron chi connectivity index (χ2n) is 8.12.